The molecule has 0 atom stereocenters. The fourth-order valence-electron chi connectivity index (χ4n) is 7.44. The molecule has 8 aromatic carbocycles. The number of hydrogen-bond donors (Lipinski definition) is 0. The van der Waals surface area contributed by atoms with Gasteiger partial charge >= 0.3 is 0 Å². The highest BCUT2D eigenvalue weighted by atomic mass is 32.1. The van der Waals surface area contributed by atoms with E-state index in [4.69, 9.17) is 0 Å². The van der Waals surface area contributed by atoms with E-state index in [1.54, 1.807) is 0 Å². The van der Waals surface area contributed by atoms with Crippen molar-refractivity contribution >= 4 is 90.9 Å². The quantitative estimate of drug-likeness (QED) is 0.178. The SMILES string of the molecule is c1ccc(-c2ccc3c(c2)sc2cccc(N(c4cccc5ccccc45)c4ccc(-c5ccccc5)c5sc6ccccc6c45)c23)cc1. The molecule has 49 heavy (non-hydrogen) atoms. The van der Waals surface area contributed by atoms with Crippen molar-refractivity contribution in [2.45, 2.75) is 0 Å². The Bertz CT molecular complexity index is 2820. The molecule has 0 aliphatic heterocycles. The van der Waals surface area contributed by atoms with Gasteiger partial charge in [0.1, 0.15) is 0 Å². The maximum absolute atomic E-state index is 2.54. The highest BCUT2D eigenvalue weighted by molar-refractivity contribution is 7.26. The normalized spacial score (nSPS) is 11.7. The summed E-state index contributed by atoms with van der Waals surface area (Å²) in [5, 5.41) is 7.61. The van der Waals surface area contributed by atoms with Gasteiger partial charge in [0.2, 0.25) is 0 Å². The van der Waals surface area contributed by atoms with Crippen molar-refractivity contribution in [1.29, 1.82) is 0 Å². The van der Waals surface area contributed by atoms with Gasteiger partial charge in [0, 0.05) is 45.7 Å². The van der Waals surface area contributed by atoms with Crippen LogP contribution in [0.15, 0.2) is 176 Å². The molecule has 3 heteroatoms. The number of nitrogens with zero attached hydrogens (tertiary/aromatic N) is 1. The van der Waals surface area contributed by atoms with Gasteiger partial charge in [-0.15, -0.1) is 22.7 Å². The van der Waals surface area contributed by atoms with Crippen molar-refractivity contribution in [3.63, 3.8) is 0 Å². The Morgan fingerprint density at radius 3 is 1.84 bits per heavy atom. The van der Waals surface area contributed by atoms with Crippen LogP contribution in [0.4, 0.5) is 17.1 Å². The Hall–Kier alpha value is -5.74. The van der Waals surface area contributed by atoms with Crippen molar-refractivity contribution in [3.05, 3.63) is 176 Å². The van der Waals surface area contributed by atoms with Crippen LogP contribution in [0, 0.1) is 0 Å². The minimum Gasteiger partial charge on any atom is -0.309 e. The van der Waals surface area contributed by atoms with Crippen molar-refractivity contribution in [2.75, 3.05) is 4.90 Å². The van der Waals surface area contributed by atoms with E-state index in [0.717, 1.165) is 0 Å². The van der Waals surface area contributed by atoms with Crippen molar-refractivity contribution < 1.29 is 0 Å². The standard InChI is InChI=1S/C46H29NS2/c1-3-13-30(14-4-1)33-25-26-37-43(29-33)48-42-24-12-22-39(44(37)42)47(38-21-11-18-31-17-7-8-19-34(31)38)40-28-27-35(32-15-5-2-6-16-32)46-45(40)36-20-9-10-23-41(36)49-46/h1-29H. The first kappa shape index (κ1) is 28.3. The lowest BCUT2D eigenvalue weighted by Crippen LogP contribution is -2.11. The Balaban J connectivity index is 1.31. The van der Waals surface area contributed by atoms with Gasteiger partial charge in [0.05, 0.1) is 17.1 Å². The first-order valence-corrected chi connectivity index (χ1v) is 18.2. The number of thiophene rings is 2. The van der Waals surface area contributed by atoms with Crippen LogP contribution in [0.3, 0.4) is 0 Å². The summed E-state index contributed by atoms with van der Waals surface area (Å²) in [5.74, 6) is 0. The predicted molar refractivity (Wildman–Crippen MR) is 215 cm³/mol. The van der Waals surface area contributed by atoms with Crippen molar-refractivity contribution in [2.24, 2.45) is 0 Å². The third-order valence-electron chi connectivity index (χ3n) is 9.66. The average Bonchev–Trinajstić information content (AvgIpc) is 3.75. The van der Waals surface area contributed by atoms with Crippen LogP contribution in [-0.2, 0) is 0 Å². The maximum atomic E-state index is 2.54. The van der Waals surface area contributed by atoms with E-state index in [2.05, 4.69) is 181 Å². The number of anilines is 3. The second-order valence-corrected chi connectivity index (χ2v) is 14.6. The van der Waals surface area contributed by atoms with Crippen LogP contribution in [0.2, 0.25) is 0 Å². The lowest BCUT2D eigenvalue weighted by molar-refractivity contribution is 1.34. The summed E-state index contributed by atoms with van der Waals surface area (Å²) in [6.07, 6.45) is 0. The molecule has 0 N–H and O–H groups in total. The van der Waals surface area contributed by atoms with E-state index < -0.39 is 0 Å². The highest BCUT2D eigenvalue weighted by Crippen LogP contribution is 2.52. The highest BCUT2D eigenvalue weighted by Gasteiger charge is 2.24. The molecule has 230 valence electrons. The number of fused-ring (bicyclic) bond motifs is 7. The number of rotatable bonds is 5. The van der Waals surface area contributed by atoms with Crippen LogP contribution >= 0.6 is 22.7 Å². The molecule has 0 radical (unpaired) electrons. The van der Waals surface area contributed by atoms with E-state index in [1.807, 2.05) is 22.7 Å². The fourth-order valence-corrected chi connectivity index (χ4v) is 9.86. The van der Waals surface area contributed by atoms with Gasteiger partial charge in [0.15, 0.2) is 0 Å². The van der Waals surface area contributed by atoms with Gasteiger partial charge in [0.25, 0.3) is 0 Å². The maximum Gasteiger partial charge on any atom is 0.0555 e. The largest absolute Gasteiger partial charge is 0.309 e. The van der Waals surface area contributed by atoms with Crippen LogP contribution in [-0.4, -0.2) is 0 Å². The van der Waals surface area contributed by atoms with E-state index >= 15 is 0 Å². The Morgan fingerprint density at radius 1 is 0.347 bits per heavy atom. The third-order valence-corrected chi connectivity index (χ3v) is 12.0. The molecule has 1 nitrogen and oxygen atoms in total. The monoisotopic (exact) mass is 659 g/mol. The molecule has 0 spiro atoms. The summed E-state index contributed by atoms with van der Waals surface area (Å²) in [4.78, 5) is 2.54. The number of benzene rings is 8. The molecule has 0 saturated heterocycles. The Labute approximate surface area is 292 Å². The molecule has 0 aliphatic carbocycles. The second kappa shape index (κ2) is 11.5. The predicted octanol–water partition coefficient (Wildman–Crippen LogP) is 14.4. The van der Waals surface area contributed by atoms with Crippen LogP contribution in [0.1, 0.15) is 0 Å². The van der Waals surface area contributed by atoms with Crippen LogP contribution in [0.5, 0.6) is 0 Å². The van der Waals surface area contributed by atoms with E-state index in [0.29, 0.717) is 0 Å². The molecule has 0 amide bonds. The average molecular weight is 660 g/mol. The van der Waals surface area contributed by atoms with Gasteiger partial charge in [-0.3, -0.25) is 0 Å². The van der Waals surface area contributed by atoms with Crippen molar-refractivity contribution in [1.82, 2.24) is 0 Å². The Kier molecular flexibility index (Phi) is 6.61. The van der Waals surface area contributed by atoms with Crippen molar-refractivity contribution in [3.8, 4) is 22.3 Å². The van der Waals surface area contributed by atoms with E-state index in [-0.39, 0.29) is 0 Å². The minimum atomic E-state index is 1.18. The lowest BCUT2D eigenvalue weighted by Gasteiger charge is -2.29. The molecule has 2 heterocycles. The zero-order valence-electron chi connectivity index (χ0n) is 26.5. The summed E-state index contributed by atoms with van der Waals surface area (Å²) < 4.78 is 5.19. The van der Waals surface area contributed by atoms with E-state index in [1.165, 1.54) is 90.4 Å². The van der Waals surface area contributed by atoms with Gasteiger partial charge in [-0.25, -0.2) is 0 Å². The second-order valence-electron chi connectivity index (χ2n) is 12.5. The third kappa shape index (κ3) is 4.58. The zero-order chi connectivity index (χ0) is 32.3. The summed E-state index contributed by atoms with van der Waals surface area (Å²) >= 11 is 3.77. The summed E-state index contributed by atoms with van der Waals surface area (Å²) in [6.45, 7) is 0. The molecular weight excluding hydrogens is 631 g/mol. The smallest absolute Gasteiger partial charge is 0.0555 e. The van der Waals surface area contributed by atoms with Gasteiger partial charge in [-0.2, -0.15) is 0 Å². The topological polar surface area (TPSA) is 3.24 Å². The molecular formula is C46H29NS2. The van der Waals surface area contributed by atoms with Gasteiger partial charge in [-0.05, 0) is 64.0 Å². The molecule has 0 fully saturated rings. The molecule has 0 saturated carbocycles. The first-order valence-electron chi connectivity index (χ1n) is 16.6. The van der Waals surface area contributed by atoms with Crippen LogP contribution < -0.4 is 4.90 Å². The lowest BCUT2D eigenvalue weighted by atomic mass is 9.98. The zero-order valence-corrected chi connectivity index (χ0v) is 28.1. The minimum absolute atomic E-state index is 1.18. The Morgan fingerprint density at radius 2 is 0.980 bits per heavy atom. The molecule has 10 aromatic rings. The molecule has 2 aromatic heterocycles. The molecule has 0 bridgehead atoms. The fraction of sp³-hybridized carbons (Fsp3) is 0. The van der Waals surface area contributed by atoms with Gasteiger partial charge in [-0.1, -0.05) is 140 Å². The first-order chi connectivity index (χ1) is 24.3. The molecule has 0 aliphatic rings. The summed E-state index contributed by atoms with van der Waals surface area (Å²) in [7, 11) is 0. The molecule has 10 rings (SSSR count). The summed E-state index contributed by atoms with van der Waals surface area (Å²) in [6, 6.07) is 64.3. The van der Waals surface area contributed by atoms with E-state index in [9.17, 15) is 0 Å². The number of hydrogen-bond acceptors (Lipinski definition) is 3. The van der Waals surface area contributed by atoms with Crippen LogP contribution in [0.25, 0.3) is 73.4 Å². The summed E-state index contributed by atoms with van der Waals surface area (Å²) in [5.41, 5.74) is 8.55. The van der Waals surface area contributed by atoms with Gasteiger partial charge < -0.3 is 4.90 Å². The molecule has 0 unspecified atom stereocenters.